The zero-order valence-electron chi connectivity index (χ0n) is 22.2. The number of carbonyl (C=O) groups excluding carboxylic acids is 2. The average Bonchev–Trinajstić information content (AvgIpc) is 3.15. The highest BCUT2D eigenvalue weighted by Crippen LogP contribution is 2.28. The van der Waals surface area contributed by atoms with Crippen molar-refractivity contribution in [1.82, 2.24) is 19.6 Å². The van der Waals surface area contributed by atoms with Gasteiger partial charge < -0.3 is 14.7 Å². The number of carbonyl (C=O) groups is 2. The highest BCUT2D eigenvalue weighted by molar-refractivity contribution is 5.94. The van der Waals surface area contributed by atoms with Gasteiger partial charge in [-0.1, -0.05) is 6.92 Å². The van der Waals surface area contributed by atoms with Crippen molar-refractivity contribution in [3.8, 4) is 0 Å². The fourth-order valence-corrected chi connectivity index (χ4v) is 4.84. The maximum Gasteiger partial charge on any atom is 0.226 e. The molecule has 0 atom stereocenters. The van der Waals surface area contributed by atoms with Gasteiger partial charge in [0, 0.05) is 70.9 Å². The van der Waals surface area contributed by atoms with Crippen LogP contribution in [0.2, 0.25) is 0 Å². The van der Waals surface area contributed by atoms with Gasteiger partial charge in [-0.2, -0.15) is 5.10 Å². The maximum absolute atomic E-state index is 14.4. The van der Waals surface area contributed by atoms with E-state index < -0.39 is 11.6 Å². The molecule has 0 saturated carbocycles. The molecule has 9 heteroatoms. The van der Waals surface area contributed by atoms with Crippen LogP contribution in [0.4, 0.5) is 14.5 Å². The number of anilines is 1. The van der Waals surface area contributed by atoms with E-state index in [0.717, 1.165) is 49.3 Å². The summed E-state index contributed by atoms with van der Waals surface area (Å²) < 4.78 is 30.5. The van der Waals surface area contributed by atoms with Gasteiger partial charge >= 0.3 is 0 Å². The minimum Gasteiger partial charge on any atom is -0.338 e. The van der Waals surface area contributed by atoms with E-state index in [9.17, 15) is 18.4 Å². The van der Waals surface area contributed by atoms with Crippen LogP contribution in [0.1, 0.15) is 63.3 Å². The van der Waals surface area contributed by atoms with Crippen molar-refractivity contribution in [2.45, 2.75) is 72.4 Å². The van der Waals surface area contributed by atoms with E-state index in [-0.39, 0.29) is 31.2 Å². The molecule has 36 heavy (non-hydrogen) atoms. The molecule has 1 aliphatic rings. The van der Waals surface area contributed by atoms with Gasteiger partial charge in [-0.05, 0) is 57.2 Å². The van der Waals surface area contributed by atoms with Crippen LogP contribution in [0.15, 0.2) is 18.3 Å². The summed E-state index contributed by atoms with van der Waals surface area (Å²) in [4.78, 5) is 31.9. The number of fused-ring (bicyclic) bond motifs is 1. The number of amides is 2. The third-order valence-corrected chi connectivity index (χ3v) is 6.88. The minimum atomic E-state index is -0.997. The number of hydrogen-bond acceptors (Lipinski definition) is 4. The summed E-state index contributed by atoms with van der Waals surface area (Å²) in [5, 5.41) is 4.35. The van der Waals surface area contributed by atoms with Crippen molar-refractivity contribution >= 4 is 17.5 Å². The summed E-state index contributed by atoms with van der Waals surface area (Å²) in [7, 11) is 1.85. The van der Waals surface area contributed by atoms with E-state index in [1.54, 1.807) is 21.4 Å². The number of halogens is 2. The molecular formula is C27H39F2N5O2. The SMILES string of the molecule is CCC(=O)N1CCCN(C(C)C)CCCN(C(=O)CCc2cn(C)nc2C)Cc2cc(F)c(F)cc21. The first-order valence-corrected chi connectivity index (χ1v) is 12.9. The summed E-state index contributed by atoms with van der Waals surface area (Å²) in [5.41, 5.74) is 2.70. The fourth-order valence-electron chi connectivity index (χ4n) is 4.84. The normalized spacial score (nSPS) is 16.0. The van der Waals surface area contributed by atoms with Gasteiger partial charge in [0.05, 0.1) is 11.4 Å². The Morgan fingerprint density at radius 1 is 1.03 bits per heavy atom. The molecule has 0 aliphatic carbocycles. The lowest BCUT2D eigenvalue weighted by Gasteiger charge is -2.33. The smallest absolute Gasteiger partial charge is 0.226 e. The first-order chi connectivity index (χ1) is 17.1. The second-order valence-electron chi connectivity index (χ2n) is 9.86. The molecule has 2 amide bonds. The van der Waals surface area contributed by atoms with E-state index in [1.807, 2.05) is 20.2 Å². The second-order valence-corrected chi connectivity index (χ2v) is 9.86. The number of benzene rings is 1. The van der Waals surface area contributed by atoms with E-state index in [1.165, 1.54) is 0 Å². The fraction of sp³-hybridized carbons (Fsp3) is 0.593. The maximum atomic E-state index is 14.4. The largest absolute Gasteiger partial charge is 0.338 e. The summed E-state index contributed by atoms with van der Waals surface area (Å²) in [6.07, 6.45) is 4.50. The first kappa shape index (κ1) is 27.8. The lowest BCUT2D eigenvalue weighted by Crippen LogP contribution is -2.40. The van der Waals surface area contributed by atoms with Gasteiger partial charge in [-0.3, -0.25) is 14.3 Å². The van der Waals surface area contributed by atoms with Crippen LogP contribution in [0, 0.1) is 18.6 Å². The summed E-state index contributed by atoms with van der Waals surface area (Å²) in [6, 6.07) is 2.56. The Labute approximate surface area is 213 Å². The van der Waals surface area contributed by atoms with Crippen LogP contribution in [0.5, 0.6) is 0 Å². The molecular weight excluding hydrogens is 464 g/mol. The molecule has 7 nitrogen and oxygen atoms in total. The van der Waals surface area contributed by atoms with Gasteiger partial charge in [-0.15, -0.1) is 0 Å². The van der Waals surface area contributed by atoms with Crippen LogP contribution in [0.25, 0.3) is 0 Å². The lowest BCUT2D eigenvalue weighted by atomic mass is 10.1. The molecule has 3 rings (SSSR count). The third-order valence-electron chi connectivity index (χ3n) is 6.88. The molecule has 2 aromatic rings. The van der Waals surface area contributed by atoms with Crippen molar-refractivity contribution < 1.29 is 18.4 Å². The van der Waals surface area contributed by atoms with Crippen LogP contribution < -0.4 is 4.90 Å². The van der Waals surface area contributed by atoms with Gasteiger partial charge in [0.1, 0.15) is 0 Å². The van der Waals surface area contributed by atoms with Crippen LogP contribution in [-0.4, -0.2) is 63.6 Å². The lowest BCUT2D eigenvalue weighted by molar-refractivity contribution is -0.131. The monoisotopic (exact) mass is 503 g/mol. The van der Waals surface area contributed by atoms with Crippen LogP contribution >= 0.6 is 0 Å². The molecule has 0 fully saturated rings. The Balaban J connectivity index is 1.94. The zero-order chi connectivity index (χ0) is 26.4. The highest BCUT2D eigenvalue weighted by Gasteiger charge is 2.25. The highest BCUT2D eigenvalue weighted by atomic mass is 19.2. The predicted molar refractivity (Wildman–Crippen MR) is 137 cm³/mol. The number of rotatable bonds is 5. The van der Waals surface area contributed by atoms with Gasteiger partial charge in [-0.25, -0.2) is 8.78 Å². The van der Waals surface area contributed by atoms with Crippen molar-refractivity contribution in [3.63, 3.8) is 0 Å². The summed E-state index contributed by atoms with van der Waals surface area (Å²) in [6.45, 7) is 10.6. The summed E-state index contributed by atoms with van der Waals surface area (Å²) in [5.74, 6) is -2.19. The van der Waals surface area contributed by atoms with E-state index in [0.29, 0.717) is 36.8 Å². The Hall–Kier alpha value is -2.81. The Bertz CT molecular complexity index is 1070. The Morgan fingerprint density at radius 3 is 2.31 bits per heavy atom. The van der Waals surface area contributed by atoms with Crippen molar-refractivity contribution in [2.24, 2.45) is 7.05 Å². The van der Waals surface area contributed by atoms with Gasteiger partial charge in [0.2, 0.25) is 11.8 Å². The van der Waals surface area contributed by atoms with Crippen LogP contribution in [0.3, 0.4) is 0 Å². The van der Waals surface area contributed by atoms with E-state index in [4.69, 9.17) is 0 Å². The van der Waals surface area contributed by atoms with Crippen molar-refractivity contribution in [3.05, 3.63) is 46.8 Å². The molecule has 0 saturated heterocycles. The van der Waals surface area contributed by atoms with Gasteiger partial charge in [0.25, 0.3) is 0 Å². The standard InChI is InChI=1S/C27H39F2N5O2/c1-6-26(35)34-14-8-12-32(19(2)3)11-7-13-33(18-22-15-23(28)24(29)16-25(22)34)27(36)10-9-21-17-31(5)30-20(21)4/h15-17,19H,6-14,18H2,1-5H3. The molecule has 0 bridgehead atoms. The first-order valence-electron chi connectivity index (χ1n) is 12.9. The molecule has 198 valence electrons. The second kappa shape index (κ2) is 12.4. The number of hydrogen-bond donors (Lipinski definition) is 0. The Kier molecular flexibility index (Phi) is 9.59. The van der Waals surface area contributed by atoms with E-state index in [2.05, 4.69) is 23.8 Å². The van der Waals surface area contributed by atoms with Crippen molar-refractivity contribution in [2.75, 3.05) is 31.1 Å². The van der Waals surface area contributed by atoms with Gasteiger partial charge in [0.15, 0.2) is 11.6 Å². The molecule has 0 N–H and O–H groups in total. The molecule has 0 spiro atoms. The molecule has 0 unspecified atom stereocenters. The quantitative estimate of drug-likeness (QED) is 0.613. The van der Waals surface area contributed by atoms with E-state index >= 15 is 0 Å². The molecule has 1 aromatic heterocycles. The number of aromatic nitrogens is 2. The Morgan fingerprint density at radius 2 is 1.69 bits per heavy atom. The predicted octanol–water partition coefficient (Wildman–Crippen LogP) is 4.22. The minimum absolute atomic E-state index is 0.0598. The zero-order valence-corrected chi connectivity index (χ0v) is 22.2. The summed E-state index contributed by atoms with van der Waals surface area (Å²) >= 11 is 0. The number of nitrogens with zero attached hydrogens (tertiary/aromatic N) is 5. The average molecular weight is 504 g/mol. The third kappa shape index (κ3) is 6.90. The molecule has 1 aliphatic heterocycles. The number of aryl methyl sites for hydroxylation is 3. The molecule has 2 heterocycles. The van der Waals surface area contributed by atoms with Crippen molar-refractivity contribution in [1.29, 1.82) is 0 Å². The molecule has 0 radical (unpaired) electrons. The topological polar surface area (TPSA) is 61.7 Å². The van der Waals surface area contributed by atoms with Crippen LogP contribution in [-0.2, 0) is 29.6 Å². The molecule has 1 aromatic carbocycles.